The van der Waals surface area contributed by atoms with E-state index in [1.807, 2.05) is 12.1 Å². The summed E-state index contributed by atoms with van der Waals surface area (Å²) >= 11 is 11.9. The Morgan fingerprint density at radius 3 is 2.47 bits per heavy atom. The smallest absolute Gasteiger partial charge is 0.131 e. The van der Waals surface area contributed by atoms with Crippen molar-refractivity contribution in [2.24, 2.45) is 5.18 Å². The van der Waals surface area contributed by atoms with Gasteiger partial charge in [-0.05, 0) is 35.5 Å². The molecule has 0 amide bonds. The van der Waals surface area contributed by atoms with Crippen molar-refractivity contribution < 1.29 is 0 Å². The fourth-order valence-electron chi connectivity index (χ4n) is 1.40. The normalized spacial score (nSPS) is 10.0. The molecule has 0 saturated heterocycles. The van der Waals surface area contributed by atoms with Crippen LogP contribution < -0.4 is 5.32 Å². The van der Waals surface area contributed by atoms with E-state index in [1.165, 1.54) is 0 Å². The second kappa shape index (κ2) is 5.17. The minimum Gasteiger partial charge on any atom is -0.352 e. The van der Waals surface area contributed by atoms with Crippen LogP contribution in [-0.4, -0.2) is 0 Å². The Labute approximate surface area is 108 Å². The number of rotatable bonds is 3. The van der Waals surface area contributed by atoms with E-state index in [9.17, 15) is 4.91 Å². The minimum atomic E-state index is 0.286. The van der Waals surface area contributed by atoms with Gasteiger partial charge in [0.1, 0.15) is 5.69 Å². The van der Waals surface area contributed by atoms with Crippen LogP contribution in [0.3, 0.4) is 0 Å². The average Bonchev–Trinajstić information content (AvgIpc) is 2.32. The molecule has 0 aliphatic rings. The van der Waals surface area contributed by atoms with Gasteiger partial charge < -0.3 is 5.32 Å². The Morgan fingerprint density at radius 1 is 1.00 bits per heavy atom. The number of hydrogen-bond donors (Lipinski definition) is 1. The summed E-state index contributed by atoms with van der Waals surface area (Å²) in [4.78, 5) is 10.6. The fraction of sp³-hybridized carbons (Fsp3) is 0. The highest BCUT2D eigenvalue weighted by atomic mass is 35.5. The summed E-state index contributed by atoms with van der Waals surface area (Å²) in [6, 6.07) is 12.0. The number of nitrogens with zero attached hydrogens (tertiary/aromatic N) is 1. The van der Waals surface area contributed by atoms with Gasteiger partial charge >= 0.3 is 0 Å². The Hall–Kier alpha value is -1.58. The molecule has 0 saturated carbocycles. The van der Waals surface area contributed by atoms with E-state index in [0.717, 1.165) is 0 Å². The molecule has 86 valence electrons. The SMILES string of the molecule is O=Nc1ccc(Cl)cc1Nc1ccccc1Cl. The molecule has 0 aliphatic heterocycles. The third kappa shape index (κ3) is 2.75. The summed E-state index contributed by atoms with van der Waals surface area (Å²) in [6.45, 7) is 0. The van der Waals surface area contributed by atoms with Crippen molar-refractivity contribution in [1.82, 2.24) is 0 Å². The maximum atomic E-state index is 10.6. The first-order chi connectivity index (χ1) is 8.20. The molecule has 3 nitrogen and oxygen atoms in total. The molecular weight excluding hydrogens is 259 g/mol. The van der Waals surface area contributed by atoms with Crippen LogP contribution in [0.25, 0.3) is 0 Å². The van der Waals surface area contributed by atoms with Crippen molar-refractivity contribution in [2.75, 3.05) is 5.32 Å². The number of halogens is 2. The quantitative estimate of drug-likeness (QED) is 0.782. The van der Waals surface area contributed by atoms with Gasteiger partial charge in [0, 0.05) is 5.02 Å². The van der Waals surface area contributed by atoms with E-state index >= 15 is 0 Å². The summed E-state index contributed by atoms with van der Waals surface area (Å²) in [6.07, 6.45) is 0. The standard InChI is InChI=1S/C12H8Cl2N2O/c13-8-5-6-11(16-17)12(7-8)15-10-4-2-1-3-9(10)14/h1-7,15H. The lowest BCUT2D eigenvalue weighted by Gasteiger charge is -2.09. The predicted octanol–water partition coefficient (Wildman–Crippen LogP) is 5.13. The first-order valence-corrected chi connectivity index (χ1v) is 5.61. The van der Waals surface area contributed by atoms with Crippen molar-refractivity contribution in [2.45, 2.75) is 0 Å². The van der Waals surface area contributed by atoms with E-state index in [0.29, 0.717) is 21.4 Å². The van der Waals surface area contributed by atoms with Crippen molar-refractivity contribution in [3.8, 4) is 0 Å². The van der Waals surface area contributed by atoms with Crippen molar-refractivity contribution in [3.63, 3.8) is 0 Å². The maximum absolute atomic E-state index is 10.6. The predicted molar refractivity (Wildman–Crippen MR) is 71.6 cm³/mol. The molecule has 2 rings (SSSR count). The maximum Gasteiger partial charge on any atom is 0.131 e. The molecule has 0 radical (unpaired) electrons. The van der Waals surface area contributed by atoms with E-state index in [-0.39, 0.29) is 5.69 Å². The van der Waals surface area contributed by atoms with E-state index in [4.69, 9.17) is 23.2 Å². The molecule has 5 heteroatoms. The highest BCUT2D eigenvalue weighted by molar-refractivity contribution is 6.33. The second-order valence-electron chi connectivity index (χ2n) is 3.36. The van der Waals surface area contributed by atoms with Crippen molar-refractivity contribution in [1.29, 1.82) is 0 Å². The van der Waals surface area contributed by atoms with Gasteiger partial charge in [-0.3, -0.25) is 0 Å². The lowest BCUT2D eigenvalue weighted by molar-refractivity contribution is 1.46. The number of nitroso groups, excluding NO2 is 1. The van der Waals surface area contributed by atoms with Crippen LogP contribution >= 0.6 is 23.2 Å². The molecule has 0 spiro atoms. The Kier molecular flexibility index (Phi) is 3.61. The summed E-state index contributed by atoms with van der Waals surface area (Å²) in [5.41, 5.74) is 1.51. The van der Waals surface area contributed by atoms with Crippen LogP contribution in [0.4, 0.5) is 17.1 Å². The largest absolute Gasteiger partial charge is 0.352 e. The number of hydrogen-bond acceptors (Lipinski definition) is 3. The van der Waals surface area contributed by atoms with Crippen molar-refractivity contribution >= 4 is 40.3 Å². The van der Waals surface area contributed by atoms with Gasteiger partial charge in [0.05, 0.1) is 16.4 Å². The van der Waals surface area contributed by atoms with Gasteiger partial charge in [0.25, 0.3) is 0 Å². The minimum absolute atomic E-state index is 0.286. The third-order valence-corrected chi connectivity index (χ3v) is 2.76. The van der Waals surface area contributed by atoms with Gasteiger partial charge in [-0.2, -0.15) is 0 Å². The molecule has 2 aromatic rings. The lowest BCUT2D eigenvalue weighted by Crippen LogP contribution is -1.91. The molecule has 0 atom stereocenters. The van der Waals surface area contributed by atoms with Gasteiger partial charge in [-0.15, -0.1) is 4.91 Å². The van der Waals surface area contributed by atoms with Gasteiger partial charge in [-0.1, -0.05) is 35.3 Å². The zero-order valence-corrected chi connectivity index (χ0v) is 10.2. The molecule has 0 bridgehead atoms. The molecule has 1 N–H and O–H groups in total. The Morgan fingerprint density at radius 2 is 1.76 bits per heavy atom. The van der Waals surface area contributed by atoms with Gasteiger partial charge in [-0.25, -0.2) is 0 Å². The lowest BCUT2D eigenvalue weighted by atomic mass is 10.2. The topological polar surface area (TPSA) is 41.5 Å². The third-order valence-electron chi connectivity index (χ3n) is 2.20. The monoisotopic (exact) mass is 266 g/mol. The highest BCUT2D eigenvalue weighted by Crippen LogP contribution is 2.33. The number of para-hydroxylation sites is 1. The molecule has 17 heavy (non-hydrogen) atoms. The molecule has 0 fully saturated rings. The number of nitrogens with one attached hydrogen (secondary N) is 1. The molecule has 2 aromatic carbocycles. The summed E-state index contributed by atoms with van der Waals surface area (Å²) in [5.74, 6) is 0. The fourth-order valence-corrected chi connectivity index (χ4v) is 1.75. The molecule has 0 aliphatic carbocycles. The van der Waals surface area contributed by atoms with E-state index < -0.39 is 0 Å². The Balaban J connectivity index is 2.39. The average molecular weight is 267 g/mol. The first-order valence-electron chi connectivity index (χ1n) is 4.85. The van der Waals surface area contributed by atoms with Gasteiger partial charge in [0.2, 0.25) is 0 Å². The van der Waals surface area contributed by atoms with E-state index in [1.54, 1.807) is 30.3 Å². The molecule has 0 heterocycles. The van der Waals surface area contributed by atoms with Crippen molar-refractivity contribution in [3.05, 3.63) is 57.4 Å². The summed E-state index contributed by atoms with van der Waals surface area (Å²) in [7, 11) is 0. The number of benzene rings is 2. The zero-order chi connectivity index (χ0) is 12.3. The van der Waals surface area contributed by atoms with E-state index in [2.05, 4.69) is 10.5 Å². The van der Waals surface area contributed by atoms with Crippen LogP contribution in [0, 0.1) is 4.91 Å². The first kappa shape index (κ1) is 11.9. The number of anilines is 2. The zero-order valence-electron chi connectivity index (χ0n) is 8.65. The molecule has 0 aromatic heterocycles. The Bertz CT molecular complexity index is 558. The summed E-state index contributed by atoms with van der Waals surface area (Å²) < 4.78 is 0. The summed E-state index contributed by atoms with van der Waals surface area (Å²) in [5, 5.41) is 7.03. The van der Waals surface area contributed by atoms with Crippen LogP contribution in [-0.2, 0) is 0 Å². The van der Waals surface area contributed by atoms with Crippen LogP contribution in [0.5, 0.6) is 0 Å². The van der Waals surface area contributed by atoms with Gasteiger partial charge in [0.15, 0.2) is 0 Å². The molecule has 0 unspecified atom stereocenters. The molecular formula is C12H8Cl2N2O. The highest BCUT2D eigenvalue weighted by Gasteiger charge is 2.06. The van der Waals surface area contributed by atoms with Crippen LogP contribution in [0.1, 0.15) is 0 Å². The second-order valence-corrected chi connectivity index (χ2v) is 4.20. The van der Waals surface area contributed by atoms with Crippen LogP contribution in [0.15, 0.2) is 47.6 Å². The van der Waals surface area contributed by atoms with Crippen LogP contribution in [0.2, 0.25) is 10.0 Å².